The highest BCUT2D eigenvalue weighted by molar-refractivity contribution is 5.48. The van der Waals surface area contributed by atoms with Crippen LogP contribution in [-0.4, -0.2) is 16.0 Å². The van der Waals surface area contributed by atoms with E-state index < -0.39 is 9.85 Å². The van der Waals surface area contributed by atoms with E-state index in [0.29, 0.717) is 17.4 Å². The normalized spacial score (nSPS) is 39.9. The largest absolute Gasteiger partial charge is 0.373 e. The van der Waals surface area contributed by atoms with Gasteiger partial charge in [0, 0.05) is 6.07 Å². The Balaban J connectivity index is 1.33. The predicted octanol–water partition coefficient (Wildman–Crippen LogP) is 3.09. The summed E-state index contributed by atoms with van der Waals surface area (Å²) in [7, 11) is 0. The molecule has 24 heavy (non-hydrogen) atoms. The zero-order valence-electron chi connectivity index (χ0n) is 12.8. The van der Waals surface area contributed by atoms with Crippen LogP contribution in [0, 0.1) is 55.7 Å². The molecular weight excluding hydrogens is 312 g/mol. The molecule has 0 radical (unpaired) electrons. The Hall–Kier alpha value is -2.28. The average molecular weight is 328 g/mol. The second kappa shape index (κ2) is 4.63. The first-order chi connectivity index (χ1) is 11.6. The van der Waals surface area contributed by atoms with Crippen molar-refractivity contribution in [1.29, 1.82) is 0 Å². The summed E-state index contributed by atoms with van der Waals surface area (Å²) in [6, 6.07) is 3.75. The first-order valence-corrected chi connectivity index (χ1v) is 8.28. The van der Waals surface area contributed by atoms with E-state index in [1.807, 2.05) is 0 Å². The number of non-ortho nitro benzene ring substituents is 1. The highest BCUT2D eigenvalue weighted by Gasteiger charge is 2.72. The molecule has 0 unspecified atom stereocenters. The fourth-order valence-electron chi connectivity index (χ4n) is 5.71. The molecule has 0 spiro atoms. The van der Waals surface area contributed by atoms with Crippen LogP contribution in [0.5, 0.6) is 0 Å². The minimum atomic E-state index is -0.621. The van der Waals surface area contributed by atoms with Gasteiger partial charge in [-0.05, 0) is 48.0 Å². The van der Waals surface area contributed by atoms with Gasteiger partial charge in [-0.25, -0.2) is 0 Å². The van der Waals surface area contributed by atoms with Crippen molar-refractivity contribution in [2.75, 3.05) is 0 Å². The van der Waals surface area contributed by atoms with Crippen LogP contribution in [0.25, 0.3) is 0 Å². The highest BCUT2D eigenvalue weighted by atomic mass is 16.6. The van der Waals surface area contributed by atoms with Gasteiger partial charge in [-0.3, -0.25) is 20.2 Å². The number of hydrogen-bond donors (Lipinski definition) is 0. The lowest BCUT2D eigenvalue weighted by molar-refractivity contribution is -0.394. The molecule has 124 valence electrons. The molecule has 4 aliphatic carbocycles. The third kappa shape index (κ3) is 1.65. The number of rotatable bonds is 5. The van der Waals surface area contributed by atoms with E-state index in [4.69, 9.17) is 4.74 Å². The molecule has 7 heteroatoms. The van der Waals surface area contributed by atoms with Crippen molar-refractivity contribution in [3.63, 3.8) is 0 Å². The lowest BCUT2D eigenvalue weighted by Gasteiger charge is -2.60. The van der Waals surface area contributed by atoms with Gasteiger partial charge in [-0.1, -0.05) is 12.2 Å². The quantitative estimate of drug-likeness (QED) is 0.470. The highest BCUT2D eigenvalue weighted by Crippen LogP contribution is 2.75. The lowest BCUT2D eigenvalue weighted by atomic mass is 9.44. The molecule has 0 heterocycles. The monoisotopic (exact) mass is 328 g/mol. The van der Waals surface area contributed by atoms with Crippen molar-refractivity contribution in [1.82, 2.24) is 0 Å². The molecule has 1 aromatic carbocycles. The van der Waals surface area contributed by atoms with Gasteiger partial charge in [0.05, 0.1) is 34.2 Å². The summed E-state index contributed by atoms with van der Waals surface area (Å²) in [5.41, 5.74) is -0.104. The summed E-state index contributed by atoms with van der Waals surface area (Å²) in [6.07, 6.45) is 5.90. The zero-order chi connectivity index (χ0) is 16.6. The minimum absolute atomic E-state index is 0.140. The number of benzene rings is 1. The number of ether oxygens (including phenoxy) is 1. The molecule has 1 aromatic rings. The summed E-state index contributed by atoms with van der Waals surface area (Å²) in [4.78, 5) is 20.8. The Morgan fingerprint density at radius 3 is 2.58 bits per heavy atom. The predicted molar refractivity (Wildman–Crippen MR) is 83.0 cm³/mol. The van der Waals surface area contributed by atoms with Crippen LogP contribution >= 0.6 is 0 Å². The van der Waals surface area contributed by atoms with E-state index in [9.17, 15) is 20.2 Å². The second-order valence-corrected chi connectivity index (χ2v) is 7.35. The second-order valence-electron chi connectivity index (χ2n) is 7.35. The zero-order valence-corrected chi connectivity index (χ0v) is 12.8. The van der Waals surface area contributed by atoms with E-state index in [2.05, 4.69) is 12.2 Å². The van der Waals surface area contributed by atoms with Crippen LogP contribution in [-0.2, 0) is 11.3 Å². The van der Waals surface area contributed by atoms with E-state index in [1.54, 1.807) is 0 Å². The summed E-state index contributed by atoms with van der Waals surface area (Å²) >= 11 is 0. The SMILES string of the molecule is O=[N+]([O-])c1ccc(CO[C@@H]2C[C@@H]3[C@H]4C=C[C@H]5[C@H]4[C@H]3[C@@H]52)c([N+](=O)[O-])c1. The third-order valence-electron chi connectivity index (χ3n) is 6.63. The fourth-order valence-corrected chi connectivity index (χ4v) is 5.71. The molecule has 0 aliphatic heterocycles. The number of nitrogens with zero attached hydrogens (tertiary/aromatic N) is 2. The molecule has 3 saturated carbocycles. The van der Waals surface area contributed by atoms with Crippen molar-refractivity contribution in [2.45, 2.75) is 19.1 Å². The van der Waals surface area contributed by atoms with Crippen LogP contribution in [0.4, 0.5) is 11.4 Å². The summed E-state index contributed by atoms with van der Waals surface area (Å²) in [5, 5.41) is 22.0. The van der Waals surface area contributed by atoms with E-state index in [-0.39, 0.29) is 24.1 Å². The molecule has 7 nitrogen and oxygen atoms in total. The molecule has 4 aliphatic rings. The molecule has 0 aromatic heterocycles. The minimum Gasteiger partial charge on any atom is -0.373 e. The fraction of sp³-hybridized carbons (Fsp3) is 0.529. The van der Waals surface area contributed by atoms with Gasteiger partial charge in [0.2, 0.25) is 0 Å². The maximum absolute atomic E-state index is 11.2. The van der Waals surface area contributed by atoms with Gasteiger partial charge in [0.1, 0.15) is 0 Å². The average Bonchev–Trinajstić information content (AvgIpc) is 2.81. The molecular formula is C17H16N2O5. The van der Waals surface area contributed by atoms with Gasteiger partial charge >= 0.3 is 0 Å². The Morgan fingerprint density at radius 1 is 1.04 bits per heavy atom. The van der Waals surface area contributed by atoms with Crippen LogP contribution in [0.3, 0.4) is 0 Å². The Bertz CT molecular complexity index is 791. The van der Waals surface area contributed by atoms with Crippen LogP contribution in [0.1, 0.15) is 12.0 Å². The van der Waals surface area contributed by atoms with Gasteiger partial charge in [-0.2, -0.15) is 0 Å². The van der Waals surface area contributed by atoms with Crippen LogP contribution in [0.2, 0.25) is 0 Å². The van der Waals surface area contributed by atoms with Gasteiger partial charge < -0.3 is 4.74 Å². The molecule has 0 N–H and O–H groups in total. The summed E-state index contributed by atoms with van der Waals surface area (Å²) in [5.74, 6) is 4.28. The number of nitro groups is 2. The lowest BCUT2D eigenvalue weighted by Crippen LogP contribution is -2.57. The summed E-state index contributed by atoms with van der Waals surface area (Å²) in [6.45, 7) is 0.140. The number of nitro benzene ring substituents is 2. The smallest absolute Gasteiger partial charge is 0.281 e. The maximum atomic E-state index is 11.2. The van der Waals surface area contributed by atoms with Gasteiger partial charge in [0.25, 0.3) is 11.4 Å². The van der Waals surface area contributed by atoms with Crippen molar-refractivity contribution < 1.29 is 14.6 Å². The standard InChI is InChI=1S/C17H16N2O5/c20-18(21)9-2-1-8(13(5-9)19(22)23)7-24-14-6-12-10-3-4-11-15(10)17(12)16(11)14/h1-5,10-12,14-17H,6-7H2/t10-,11+,12-,14-,15+,16+,17+/m1/s1. The first kappa shape index (κ1) is 14.1. The Labute approximate surface area is 137 Å². The molecule has 0 bridgehead atoms. The van der Waals surface area contributed by atoms with E-state index >= 15 is 0 Å². The van der Waals surface area contributed by atoms with Crippen molar-refractivity contribution in [3.05, 3.63) is 56.1 Å². The molecule has 0 saturated heterocycles. The number of allylic oxidation sites excluding steroid dienone is 2. The maximum Gasteiger partial charge on any atom is 0.281 e. The van der Waals surface area contributed by atoms with Crippen molar-refractivity contribution >= 4 is 11.4 Å². The van der Waals surface area contributed by atoms with Crippen molar-refractivity contribution in [3.8, 4) is 0 Å². The van der Waals surface area contributed by atoms with Gasteiger partial charge in [0.15, 0.2) is 0 Å². The van der Waals surface area contributed by atoms with Crippen LogP contribution in [0.15, 0.2) is 30.4 Å². The molecule has 3 fully saturated rings. The van der Waals surface area contributed by atoms with Crippen LogP contribution < -0.4 is 0 Å². The number of fused-ring (bicyclic) bond motifs is 2. The summed E-state index contributed by atoms with van der Waals surface area (Å²) < 4.78 is 6.06. The molecule has 5 rings (SSSR count). The van der Waals surface area contributed by atoms with Crippen molar-refractivity contribution in [2.24, 2.45) is 35.5 Å². The topological polar surface area (TPSA) is 95.5 Å². The third-order valence-corrected chi connectivity index (χ3v) is 6.63. The molecule has 7 atom stereocenters. The van der Waals surface area contributed by atoms with E-state index in [1.165, 1.54) is 12.1 Å². The molecule has 0 amide bonds. The van der Waals surface area contributed by atoms with Gasteiger partial charge in [-0.15, -0.1) is 0 Å². The number of hydrogen-bond acceptors (Lipinski definition) is 5. The first-order valence-electron chi connectivity index (χ1n) is 8.28. The van der Waals surface area contributed by atoms with E-state index in [0.717, 1.165) is 36.2 Å². The Kier molecular flexibility index (Phi) is 2.72. The Morgan fingerprint density at radius 2 is 1.83 bits per heavy atom.